The van der Waals surface area contributed by atoms with Crippen LogP contribution in [0.2, 0.25) is 0 Å². The van der Waals surface area contributed by atoms with Crippen LogP contribution in [0, 0.1) is 5.82 Å². The van der Waals surface area contributed by atoms with E-state index in [0.717, 1.165) is 43.6 Å². The van der Waals surface area contributed by atoms with Gasteiger partial charge in [-0.25, -0.2) is 22.8 Å². The van der Waals surface area contributed by atoms with Crippen LogP contribution >= 0.6 is 0 Å². The van der Waals surface area contributed by atoms with Crippen molar-refractivity contribution in [1.82, 2.24) is 19.9 Å². The molecule has 3 aromatic rings. The molecular weight excluding hydrogens is 403 g/mol. The highest BCUT2D eigenvalue weighted by molar-refractivity contribution is 7.90. The predicted octanol–water partition coefficient (Wildman–Crippen LogP) is 3.46. The molecule has 8 heteroatoms. The van der Waals surface area contributed by atoms with Crippen LogP contribution in [0.25, 0.3) is 11.4 Å². The Kier molecular flexibility index (Phi) is 5.87. The van der Waals surface area contributed by atoms with E-state index in [1.54, 1.807) is 30.6 Å². The Morgan fingerprint density at radius 2 is 1.83 bits per heavy atom. The lowest BCUT2D eigenvalue weighted by atomic mass is 9.93. The number of aromatic nitrogens is 3. The van der Waals surface area contributed by atoms with E-state index in [1.807, 2.05) is 6.07 Å². The SMILES string of the molecule is CS(=O)(=O)c1cnc(-c2cccnc2)nc1C1CCN(Cc2ccc(F)cc2)CC1. The van der Waals surface area contributed by atoms with Crippen molar-refractivity contribution >= 4 is 9.84 Å². The summed E-state index contributed by atoms with van der Waals surface area (Å²) >= 11 is 0. The van der Waals surface area contributed by atoms with Crippen LogP contribution in [0.3, 0.4) is 0 Å². The predicted molar refractivity (Wildman–Crippen MR) is 112 cm³/mol. The quantitative estimate of drug-likeness (QED) is 0.622. The minimum absolute atomic E-state index is 0.0395. The minimum atomic E-state index is -3.44. The third-order valence-electron chi connectivity index (χ3n) is 5.40. The molecule has 1 aromatic carbocycles. The number of nitrogens with zero attached hydrogens (tertiary/aromatic N) is 4. The number of likely N-dealkylation sites (tertiary alicyclic amines) is 1. The largest absolute Gasteiger partial charge is 0.299 e. The summed E-state index contributed by atoms with van der Waals surface area (Å²) in [7, 11) is -3.44. The molecule has 3 heterocycles. The fraction of sp³-hybridized carbons (Fsp3) is 0.318. The number of rotatable bonds is 5. The van der Waals surface area contributed by atoms with Crippen LogP contribution in [0.15, 0.2) is 59.9 Å². The van der Waals surface area contributed by atoms with Crippen molar-refractivity contribution in [3.8, 4) is 11.4 Å². The van der Waals surface area contributed by atoms with E-state index in [9.17, 15) is 12.8 Å². The Hall–Kier alpha value is -2.71. The summed E-state index contributed by atoms with van der Waals surface area (Å²) in [6, 6.07) is 10.2. The Labute approximate surface area is 175 Å². The first kappa shape index (κ1) is 20.6. The molecule has 0 radical (unpaired) electrons. The van der Waals surface area contributed by atoms with Gasteiger partial charge in [0.05, 0.1) is 5.69 Å². The molecule has 0 spiro atoms. The highest BCUT2D eigenvalue weighted by atomic mass is 32.2. The molecule has 2 aromatic heterocycles. The maximum absolute atomic E-state index is 13.1. The van der Waals surface area contributed by atoms with Crippen molar-refractivity contribution in [2.24, 2.45) is 0 Å². The summed E-state index contributed by atoms with van der Waals surface area (Å²) in [6.07, 6.45) is 7.56. The first-order valence-electron chi connectivity index (χ1n) is 9.84. The van der Waals surface area contributed by atoms with E-state index in [2.05, 4.69) is 19.9 Å². The van der Waals surface area contributed by atoms with Gasteiger partial charge in [0, 0.05) is 42.9 Å². The number of hydrogen-bond donors (Lipinski definition) is 0. The molecule has 30 heavy (non-hydrogen) atoms. The fourth-order valence-corrected chi connectivity index (χ4v) is 4.65. The van der Waals surface area contributed by atoms with E-state index in [0.29, 0.717) is 11.5 Å². The van der Waals surface area contributed by atoms with Crippen LogP contribution in [0.1, 0.15) is 30.0 Å². The zero-order valence-electron chi connectivity index (χ0n) is 16.7. The summed E-state index contributed by atoms with van der Waals surface area (Å²) in [4.78, 5) is 15.5. The van der Waals surface area contributed by atoms with Gasteiger partial charge in [-0.3, -0.25) is 9.88 Å². The normalized spacial score (nSPS) is 15.9. The molecule has 0 N–H and O–H groups in total. The first-order valence-corrected chi connectivity index (χ1v) is 11.7. The second-order valence-electron chi connectivity index (χ2n) is 7.63. The number of sulfone groups is 1. The summed E-state index contributed by atoms with van der Waals surface area (Å²) < 4.78 is 37.8. The molecule has 0 aliphatic carbocycles. The van der Waals surface area contributed by atoms with E-state index in [-0.39, 0.29) is 16.6 Å². The van der Waals surface area contributed by atoms with Gasteiger partial charge in [0.15, 0.2) is 15.7 Å². The molecule has 156 valence electrons. The van der Waals surface area contributed by atoms with Crippen LogP contribution in [-0.4, -0.2) is 47.6 Å². The number of hydrogen-bond acceptors (Lipinski definition) is 6. The molecule has 6 nitrogen and oxygen atoms in total. The van der Waals surface area contributed by atoms with Gasteiger partial charge in [0.25, 0.3) is 0 Å². The van der Waals surface area contributed by atoms with Crippen molar-refractivity contribution in [2.75, 3.05) is 19.3 Å². The molecule has 0 bridgehead atoms. The van der Waals surface area contributed by atoms with Crippen LogP contribution in [-0.2, 0) is 16.4 Å². The molecule has 0 amide bonds. The van der Waals surface area contributed by atoms with Crippen LogP contribution < -0.4 is 0 Å². The van der Waals surface area contributed by atoms with E-state index >= 15 is 0 Å². The maximum Gasteiger partial charge on any atom is 0.178 e. The summed E-state index contributed by atoms with van der Waals surface area (Å²) in [5.41, 5.74) is 2.41. The Bertz CT molecular complexity index is 1110. The van der Waals surface area contributed by atoms with Crippen molar-refractivity contribution < 1.29 is 12.8 Å². The second kappa shape index (κ2) is 8.57. The Morgan fingerprint density at radius 3 is 2.47 bits per heavy atom. The van der Waals surface area contributed by atoms with Crippen LogP contribution in [0.5, 0.6) is 0 Å². The average Bonchev–Trinajstić information content (AvgIpc) is 2.75. The molecule has 0 atom stereocenters. The summed E-state index contributed by atoms with van der Waals surface area (Å²) in [5, 5.41) is 0. The number of benzene rings is 1. The van der Waals surface area contributed by atoms with Crippen molar-refractivity contribution in [3.63, 3.8) is 0 Å². The monoisotopic (exact) mass is 426 g/mol. The second-order valence-corrected chi connectivity index (χ2v) is 9.62. The van der Waals surface area contributed by atoms with Crippen molar-refractivity contribution in [2.45, 2.75) is 30.2 Å². The summed E-state index contributed by atoms with van der Waals surface area (Å²) in [6.45, 7) is 2.38. The standard InChI is InChI=1S/C22H23FN4O2S/c1-30(28,29)20-14-25-22(18-3-2-10-24-13-18)26-21(20)17-8-11-27(12-9-17)15-16-4-6-19(23)7-5-16/h2-7,10,13-14,17H,8-9,11-12,15H2,1H3. The van der Waals surface area contributed by atoms with Gasteiger partial charge < -0.3 is 0 Å². The fourth-order valence-electron chi connectivity index (χ4n) is 3.81. The van der Waals surface area contributed by atoms with Crippen molar-refractivity contribution in [3.05, 3.63) is 72.1 Å². The highest BCUT2D eigenvalue weighted by Crippen LogP contribution is 2.32. The minimum Gasteiger partial charge on any atom is -0.299 e. The highest BCUT2D eigenvalue weighted by Gasteiger charge is 2.28. The van der Waals surface area contributed by atoms with E-state index < -0.39 is 9.84 Å². The molecule has 4 rings (SSSR count). The molecule has 1 aliphatic heterocycles. The first-order chi connectivity index (χ1) is 14.4. The third kappa shape index (κ3) is 4.71. The van der Waals surface area contributed by atoms with Gasteiger partial charge in [-0.1, -0.05) is 12.1 Å². The maximum atomic E-state index is 13.1. The Morgan fingerprint density at radius 1 is 1.10 bits per heavy atom. The van der Waals surface area contributed by atoms with E-state index in [4.69, 9.17) is 0 Å². The van der Waals surface area contributed by atoms with Crippen molar-refractivity contribution in [1.29, 1.82) is 0 Å². The zero-order chi connectivity index (χ0) is 21.1. The van der Waals surface area contributed by atoms with Gasteiger partial charge in [0.2, 0.25) is 0 Å². The average molecular weight is 427 g/mol. The number of halogens is 1. The molecule has 1 aliphatic rings. The Balaban J connectivity index is 1.55. The lowest BCUT2D eigenvalue weighted by molar-refractivity contribution is 0.202. The molecule has 0 unspecified atom stereocenters. The van der Waals surface area contributed by atoms with Gasteiger partial charge in [-0.15, -0.1) is 0 Å². The molecule has 1 fully saturated rings. The molecule has 0 saturated carbocycles. The van der Waals surface area contributed by atoms with Gasteiger partial charge in [-0.05, 0) is 55.8 Å². The molecular formula is C22H23FN4O2S. The smallest absolute Gasteiger partial charge is 0.178 e. The van der Waals surface area contributed by atoms with Gasteiger partial charge >= 0.3 is 0 Å². The van der Waals surface area contributed by atoms with E-state index in [1.165, 1.54) is 24.6 Å². The topological polar surface area (TPSA) is 76.0 Å². The summed E-state index contributed by atoms with van der Waals surface area (Å²) in [5.74, 6) is 0.288. The van der Waals surface area contributed by atoms with Crippen LogP contribution in [0.4, 0.5) is 4.39 Å². The number of piperidine rings is 1. The molecule has 1 saturated heterocycles. The third-order valence-corrected chi connectivity index (χ3v) is 6.51. The number of pyridine rings is 1. The lowest BCUT2D eigenvalue weighted by Gasteiger charge is -2.32. The zero-order valence-corrected chi connectivity index (χ0v) is 17.5. The van der Waals surface area contributed by atoms with Gasteiger partial charge in [0.1, 0.15) is 10.7 Å². The van der Waals surface area contributed by atoms with Gasteiger partial charge in [-0.2, -0.15) is 0 Å². The lowest BCUT2D eigenvalue weighted by Crippen LogP contribution is -2.33.